The van der Waals surface area contributed by atoms with E-state index >= 15 is 0 Å². The molecule has 108 valence electrons. The Morgan fingerprint density at radius 3 is 3.05 bits per heavy atom. The first kappa shape index (κ1) is 12.8. The van der Waals surface area contributed by atoms with Crippen LogP contribution in [0, 0.1) is 5.92 Å². The fourth-order valence-electron chi connectivity index (χ4n) is 3.31. The molecule has 1 unspecified atom stereocenters. The highest BCUT2D eigenvalue weighted by Crippen LogP contribution is 2.25. The van der Waals surface area contributed by atoms with E-state index in [0.29, 0.717) is 5.92 Å². The zero-order valence-corrected chi connectivity index (χ0v) is 12.3. The molecule has 1 N–H and O–H groups in total. The zero-order valence-electron chi connectivity index (χ0n) is 12.3. The van der Waals surface area contributed by atoms with Crippen molar-refractivity contribution in [2.75, 3.05) is 13.1 Å². The number of rotatable bonds is 3. The molecule has 0 radical (unpaired) electrons. The number of aryl methyl sites for hydroxylation is 1. The second-order valence-electron chi connectivity index (χ2n) is 5.95. The van der Waals surface area contributed by atoms with Crippen molar-refractivity contribution >= 4 is 21.9 Å². The monoisotopic (exact) mass is 280 g/mol. The van der Waals surface area contributed by atoms with Crippen molar-refractivity contribution in [1.29, 1.82) is 0 Å². The smallest absolute Gasteiger partial charge is 0.107 e. The maximum absolute atomic E-state index is 4.55. The van der Waals surface area contributed by atoms with Crippen LogP contribution in [0.1, 0.15) is 18.9 Å². The Labute approximate surface area is 124 Å². The standard InChI is InChI=1S/C17H20N4/c1-2-12-3-4-15-14(7-12)17-16(9-19-15)20-11-21(17)10-13-5-6-18-8-13/h3-4,7,9,11,13,18H,2,5-6,8,10H2,1H3. The van der Waals surface area contributed by atoms with Crippen LogP contribution in [0.5, 0.6) is 0 Å². The molecule has 0 aliphatic carbocycles. The lowest BCUT2D eigenvalue weighted by Gasteiger charge is -2.11. The SMILES string of the molecule is CCc1ccc2ncc3ncn(CC4CCNC4)c3c2c1. The molecule has 21 heavy (non-hydrogen) atoms. The first-order valence-corrected chi connectivity index (χ1v) is 7.78. The minimum absolute atomic E-state index is 0.708. The van der Waals surface area contributed by atoms with Crippen molar-refractivity contribution in [3.05, 3.63) is 36.3 Å². The molecule has 2 aromatic heterocycles. The minimum Gasteiger partial charge on any atom is -0.330 e. The van der Waals surface area contributed by atoms with Crippen LogP contribution >= 0.6 is 0 Å². The van der Waals surface area contributed by atoms with Gasteiger partial charge in [0.15, 0.2) is 0 Å². The molecule has 1 fully saturated rings. The third-order valence-electron chi connectivity index (χ3n) is 4.53. The molecule has 4 rings (SSSR count). The number of imidazole rings is 1. The number of pyridine rings is 1. The number of hydrogen-bond donors (Lipinski definition) is 1. The third-order valence-corrected chi connectivity index (χ3v) is 4.53. The topological polar surface area (TPSA) is 42.7 Å². The summed E-state index contributed by atoms with van der Waals surface area (Å²) in [7, 11) is 0. The molecule has 1 saturated heterocycles. The maximum atomic E-state index is 4.55. The first-order chi connectivity index (χ1) is 10.3. The summed E-state index contributed by atoms with van der Waals surface area (Å²) in [5, 5.41) is 4.67. The summed E-state index contributed by atoms with van der Waals surface area (Å²) < 4.78 is 2.32. The molecule has 3 heterocycles. The number of aromatic nitrogens is 3. The van der Waals surface area contributed by atoms with Gasteiger partial charge in [0.05, 0.1) is 23.6 Å². The van der Waals surface area contributed by atoms with Gasteiger partial charge in [0.2, 0.25) is 0 Å². The Morgan fingerprint density at radius 1 is 1.29 bits per heavy atom. The molecule has 1 aliphatic rings. The Kier molecular flexibility index (Phi) is 3.11. The zero-order chi connectivity index (χ0) is 14.2. The molecule has 1 aliphatic heterocycles. The summed E-state index contributed by atoms with van der Waals surface area (Å²) >= 11 is 0. The summed E-state index contributed by atoms with van der Waals surface area (Å²) in [6.45, 7) is 5.48. The van der Waals surface area contributed by atoms with Crippen LogP contribution in [0.4, 0.5) is 0 Å². The van der Waals surface area contributed by atoms with Crippen molar-refractivity contribution in [3.8, 4) is 0 Å². The van der Waals surface area contributed by atoms with Crippen molar-refractivity contribution in [3.63, 3.8) is 0 Å². The molecule has 0 amide bonds. The van der Waals surface area contributed by atoms with Gasteiger partial charge in [0, 0.05) is 11.9 Å². The maximum Gasteiger partial charge on any atom is 0.107 e. The quantitative estimate of drug-likeness (QED) is 0.802. The molecule has 3 aromatic rings. The fraction of sp³-hybridized carbons (Fsp3) is 0.412. The summed E-state index contributed by atoms with van der Waals surface area (Å²) in [6.07, 6.45) is 6.17. The molecule has 0 spiro atoms. The van der Waals surface area contributed by atoms with Crippen LogP contribution in [-0.4, -0.2) is 27.6 Å². The van der Waals surface area contributed by atoms with E-state index in [4.69, 9.17) is 0 Å². The highest BCUT2D eigenvalue weighted by atomic mass is 15.1. The Balaban J connectivity index is 1.88. The van der Waals surface area contributed by atoms with Gasteiger partial charge < -0.3 is 9.88 Å². The van der Waals surface area contributed by atoms with E-state index in [2.05, 4.69) is 45.0 Å². The van der Waals surface area contributed by atoms with E-state index in [9.17, 15) is 0 Å². The highest BCUT2D eigenvalue weighted by molar-refractivity contribution is 6.02. The number of hydrogen-bond acceptors (Lipinski definition) is 3. The molecule has 1 atom stereocenters. The van der Waals surface area contributed by atoms with Gasteiger partial charge in [0.1, 0.15) is 5.52 Å². The van der Waals surface area contributed by atoms with Crippen LogP contribution in [0.25, 0.3) is 21.9 Å². The number of nitrogens with one attached hydrogen (secondary N) is 1. The summed E-state index contributed by atoms with van der Waals surface area (Å²) in [5.74, 6) is 0.708. The van der Waals surface area contributed by atoms with Crippen LogP contribution in [0.3, 0.4) is 0 Å². The third kappa shape index (κ3) is 2.20. The summed E-state index contributed by atoms with van der Waals surface area (Å²) in [6, 6.07) is 6.57. The summed E-state index contributed by atoms with van der Waals surface area (Å²) in [4.78, 5) is 9.09. The molecule has 4 heteroatoms. The number of benzene rings is 1. The summed E-state index contributed by atoms with van der Waals surface area (Å²) in [5.41, 5.74) is 4.65. The van der Waals surface area contributed by atoms with E-state index < -0.39 is 0 Å². The van der Waals surface area contributed by atoms with Gasteiger partial charge in [-0.25, -0.2) is 4.98 Å². The second-order valence-corrected chi connectivity index (χ2v) is 5.95. The lowest BCUT2D eigenvalue weighted by atomic mass is 10.1. The molecular weight excluding hydrogens is 260 g/mol. The van der Waals surface area contributed by atoms with Gasteiger partial charge in [-0.3, -0.25) is 4.98 Å². The average Bonchev–Trinajstić information content (AvgIpc) is 3.17. The van der Waals surface area contributed by atoms with Crippen LogP contribution in [0.2, 0.25) is 0 Å². The molecule has 1 aromatic carbocycles. The Morgan fingerprint density at radius 2 is 2.24 bits per heavy atom. The molecule has 0 saturated carbocycles. The van der Waals surface area contributed by atoms with Crippen LogP contribution < -0.4 is 5.32 Å². The highest BCUT2D eigenvalue weighted by Gasteiger charge is 2.17. The fourth-order valence-corrected chi connectivity index (χ4v) is 3.31. The van der Waals surface area contributed by atoms with Gasteiger partial charge in [-0.05, 0) is 49.5 Å². The molecule has 4 nitrogen and oxygen atoms in total. The Hall–Kier alpha value is -1.94. The van der Waals surface area contributed by atoms with Gasteiger partial charge in [-0.1, -0.05) is 13.0 Å². The van der Waals surface area contributed by atoms with Crippen molar-refractivity contribution in [1.82, 2.24) is 19.9 Å². The van der Waals surface area contributed by atoms with Crippen LogP contribution in [-0.2, 0) is 13.0 Å². The van der Waals surface area contributed by atoms with E-state index in [1.165, 1.54) is 22.9 Å². The number of fused-ring (bicyclic) bond motifs is 3. The lowest BCUT2D eigenvalue weighted by molar-refractivity contribution is 0.490. The Bertz CT molecular complexity index is 784. The lowest BCUT2D eigenvalue weighted by Crippen LogP contribution is -2.14. The first-order valence-electron chi connectivity index (χ1n) is 7.78. The predicted molar refractivity (Wildman–Crippen MR) is 85.4 cm³/mol. The second kappa shape index (κ2) is 5.11. The van der Waals surface area contributed by atoms with Crippen molar-refractivity contribution in [2.24, 2.45) is 5.92 Å². The molecule has 0 bridgehead atoms. The van der Waals surface area contributed by atoms with Crippen LogP contribution in [0.15, 0.2) is 30.7 Å². The normalized spacial score (nSPS) is 18.8. The van der Waals surface area contributed by atoms with Gasteiger partial charge >= 0.3 is 0 Å². The predicted octanol–water partition coefficient (Wildman–Crippen LogP) is 2.76. The van der Waals surface area contributed by atoms with E-state index in [-0.39, 0.29) is 0 Å². The largest absolute Gasteiger partial charge is 0.330 e. The van der Waals surface area contributed by atoms with Crippen molar-refractivity contribution in [2.45, 2.75) is 26.3 Å². The van der Waals surface area contributed by atoms with Gasteiger partial charge in [-0.2, -0.15) is 0 Å². The minimum atomic E-state index is 0.708. The van der Waals surface area contributed by atoms with E-state index in [1.54, 1.807) is 0 Å². The average molecular weight is 280 g/mol. The van der Waals surface area contributed by atoms with E-state index in [1.807, 2.05) is 12.5 Å². The van der Waals surface area contributed by atoms with Gasteiger partial charge in [0.25, 0.3) is 0 Å². The number of nitrogens with zero attached hydrogens (tertiary/aromatic N) is 3. The van der Waals surface area contributed by atoms with E-state index in [0.717, 1.165) is 37.1 Å². The van der Waals surface area contributed by atoms with Gasteiger partial charge in [-0.15, -0.1) is 0 Å². The van der Waals surface area contributed by atoms with Crippen molar-refractivity contribution < 1.29 is 0 Å². The molecular formula is C17H20N4.